The number of nitrogens with zero attached hydrogens (tertiary/aromatic N) is 3. The van der Waals surface area contributed by atoms with Crippen LogP contribution in [0.15, 0.2) is 146 Å². The van der Waals surface area contributed by atoms with Crippen LogP contribution in [0, 0.1) is 0 Å². The first-order valence-corrected chi connectivity index (χ1v) is 17.6. The molecule has 3 aliphatic rings. The Bertz CT molecular complexity index is 2490. The van der Waals surface area contributed by atoms with Gasteiger partial charge in [0.1, 0.15) is 0 Å². The van der Waals surface area contributed by atoms with Crippen molar-refractivity contribution >= 4 is 38.9 Å². The number of allylic oxidation sites excluding steroid dienone is 2. The highest BCUT2D eigenvalue weighted by Crippen LogP contribution is 2.56. The van der Waals surface area contributed by atoms with Gasteiger partial charge < -0.3 is 14.8 Å². The number of benzene rings is 5. The molecule has 242 valence electrons. The highest BCUT2D eigenvalue weighted by atomic mass is 15.1. The summed E-state index contributed by atoms with van der Waals surface area (Å²) in [6.07, 6.45) is 10.3. The van der Waals surface area contributed by atoms with E-state index >= 15 is 0 Å². The molecule has 1 atom stereocenters. The van der Waals surface area contributed by atoms with E-state index in [4.69, 9.17) is 4.98 Å². The maximum Gasteiger partial charge on any atom is 0.0702 e. The molecule has 0 bridgehead atoms. The molecule has 0 aliphatic carbocycles. The standard InChI is InChI=1S/C46H38N4/c1-45(2)36-19-11-17-34-35-18-12-20-37-43(35)50(42(34)36)44-38(45)27-33(28-39(44)46(37,3)4)49(31-15-9-13-29(25-31)40-21-5-7-23-47-40)32-16-10-14-30(26-32)41-22-6-8-24-48-41/h5-28,40,47H,1-4H3. The molecule has 3 aliphatic heterocycles. The predicted molar refractivity (Wildman–Crippen MR) is 207 cm³/mol. The van der Waals surface area contributed by atoms with Crippen molar-refractivity contribution in [1.29, 1.82) is 0 Å². The SMILES string of the molecule is CC1(C)c2cc(N(c3cccc(-c4ccccn4)c3)c3cccc(C4C=CC=CN4)c3)cc3c2-n2c4c1cccc4c1cccc(c12)C3(C)C. The fraction of sp³-hybridized carbons (Fsp3) is 0.152. The van der Waals surface area contributed by atoms with E-state index in [9.17, 15) is 0 Å². The molecule has 5 heterocycles. The van der Waals surface area contributed by atoms with Crippen molar-refractivity contribution in [2.45, 2.75) is 44.6 Å². The molecule has 1 unspecified atom stereocenters. The number of hydrogen-bond acceptors (Lipinski definition) is 3. The lowest BCUT2D eigenvalue weighted by Crippen LogP contribution is -2.34. The van der Waals surface area contributed by atoms with Gasteiger partial charge in [-0.15, -0.1) is 0 Å². The van der Waals surface area contributed by atoms with Gasteiger partial charge in [0.25, 0.3) is 0 Å². The fourth-order valence-electron chi connectivity index (χ4n) is 8.88. The average molecular weight is 647 g/mol. The molecule has 4 nitrogen and oxygen atoms in total. The van der Waals surface area contributed by atoms with Gasteiger partial charge in [-0.05, 0) is 88.6 Å². The monoisotopic (exact) mass is 646 g/mol. The number of pyridine rings is 1. The molecular formula is C46H38N4. The lowest BCUT2D eigenvalue weighted by molar-refractivity contribution is 0.594. The third-order valence-electron chi connectivity index (χ3n) is 11.4. The summed E-state index contributed by atoms with van der Waals surface area (Å²) in [6.45, 7) is 9.64. The minimum absolute atomic E-state index is 0.107. The van der Waals surface area contributed by atoms with E-state index in [1.54, 1.807) is 0 Å². The van der Waals surface area contributed by atoms with Gasteiger partial charge in [-0.25, -0.2) is 0 Å². The van der Waals surface area contributed by atoms with Gasteiger partial charge in [0.15, 0.2) is 0 Å². The Balaban J connectivity index is 1.27. The highest BCUT2D eigenvalue weighted by molar-refractivity contribution is 6.14. The summed E-state index contributed by atoms with van der Waals surface area (Å²) in [7, 11) is 0. The fourth-order valence-corrected chi connectivity index (χ4v) is 8.88. The third-order valence-corrected chi connectivity index (χ3v) is 11.4. The van der Waals surface area contributed by atoms with Crippen molar-refractivity contribution in [3.05, 3.63) is 174 Å². The summed E-state index contributed by atoms with van der Waals surface area (Å²) < 4.78 is 2.60. The summed E-state index contributed by atoms with van der Waals surface area (Å²) in [5, 5.41) is 6.21. The van der Waals surface area contributed by atoms with Gasteiger partial charge in [0, 0.05) is 50.4 Å². The zero-order chi connectivity index (χ0) is 33.8. The van der Waals surface area contributed by atoms with Crippen molar-refractivity contribution in [1.82, 2.24) is 14.9 Å². The maximum atomic E-state index is 4.71. The number of aromatic nitrogens is 2. The lowest BCUT2D eigenvalue weighted by atomic mass is 9.68. The van der Waals surface area contributed by atoms with Gasteiger partial charge in [-0.1, -0.05) is 107 Å². The normalized spacial score (nSPS) is 17.3. The van der Waals surface area contributed by atoms with E-state index in [1.807, 2.05) is 24.5 Å². The molecule has 4 heteroatoms. The van der Waals surface area contributed by atoms with Crippen molar-refractivity contribution in [3.63, 3.8) is 0 Å². The van der Waals surface area contributed by atoms with Crippen LogP contribution in [0.3, 0.4) is 0 Å². The Morgan fingerprint density at radius 1 is 0.620 bits per heavy atom. The molecule has 0 fully saturated rings. The third kappa shape index (κ3) is 3.96. The molecule has 7 aromatic rings. The number of fused-ring (bicyclic) bond motifs is 1. The molecule has 2 aromatic heterocycles. The zero-order valence-electron chi connectivity index (χ0n) is 28.8. The molecule has 10 rings (SSSR count). The van der Waals surface area contributed by atoms with Crippen LogP contribution in [0.4, 0.5) is 17.1 Å². The lowest BCUT2D eigenvalue weighted by Gasteiger charge is -2.43. The van der Waals surface area contributed by atoms with Crippen LogP contribution < -0.4 is 10.2 Å². The predicted octanol–water partition coefficient (Wildman–Crippen LogP) is 11.3. The van der Waals surface area contributed by atoms with Crippen LogP contribution in [0.2, 0.25) is 0 Å². The molecule has 5 aromatic carbocycles. The molecule has 0 saturated carbocycles. The van der Waals surface area contributed by atoms with E-state index in [1.165, 1.54) is 55.3 Å². The highest BCUT2D eigenvalue weighted by Gasteiger charge is 2.44. The van der Waals surface area contributed by atoms with Gasteiger partial charge in [0.2, 0.25) is 0 Å². The first-order chi connectivity index (χ1) is 24.3. The molecule has 1 N–H and O–H groups in total. The summed E-state index contributed by atoms with van der Waals surface area (Å²) in [5.41, 5.74) is 15.7. The van der Waals surface area contributed by atoms with Crippen molar-refractivity contribution in [2.24, 2.45) is 0 Å². The van der Waals surface area contributed by atoms with Crippen LogP contribution >= 0.6 is 0 Å². The summed E-state index contributed by atoms with van der Waals surface area (Å²) in [4.78, 5) is 7.16. The minimum Gasteiger partial charge on any atom is -0.381 e. The van der Waals surface area contributed by atoms with Crippen molar-refractivity contribution in [2.75, 3.05) is 4.90 Å². The van der Waals surface area contributed by atoms with Crippen LogP contribution in [0.1, 0.15) is 61.6 Å². The molecule has 0 amide bonds. The number of para-hydroxylation sites is 2. The Labute approximate surface area is 293 Å². The first-order valence-electron chi connectivity index (χ1n) is 17.6. The smallest absolute Gasteiger partial charge is 0.0702 e. The molecule has 50 heavy (non-hydrogen) atoms. The van der Waals surface area contributed by atoms with E-state index in [2.05, 4.69) is 164 Å². The Morgan fingerprint density at radius 2 is 1.28 bits per heavy atom. The number of nitrogens with one attached hydrogen (secondary N) is 1. The van der Waals surface area contributed by atoms with Gasteiger partial charge in [-0.2, -0.15) is 0 Å². The van der Waals surface area contributed by atoms with Gasteiger partial charge >= 0.3 is 0 Å². The van der Waals surface area contributed by atoms with Crippen LogP contribution in [0.25, 0.3) is 38.8 Å². The molecule has 0 spiro atoms. The quantitative estimate of drug-likeness (QED) is 0.202. The van der Waals surface area contributed by atoms with Crippen LogP contribution in [0.5, 0.6) is 0 Å². The Kier molecular flexibility index (Phi) is 6.00. The molecule has 0 radical (unpaired) electrons. The molecular weight excluding hydrogens is 609 g/mol. The number of anilines is 3. The van der Waals surface area contributed by atoms with Crippen molar-refractivity contribution < 1.29 is 0 Å². The average Bonchev–Trinajstić information content (AvgIpc) is 3.49. The summed E-state index contributed by atoms with van der Waals surface area (Å²) in [6, 6.07) is 42.8. The maximum absolute atomic E-state index is 4.71. The van der Waals surface area contributed by atoms with Crippen LogP contribution in [-0.4, -0.2) is 9.55 Å². The largest absolute Gasteiger partial charge is 0.381 e. The summed E-state index contributed by atoms with van der Waals surface area (Å²) >= 11 is 0. The van der Waals surface area contributed by atoms with Crippen molar-refractivity contribution in [3.8, 4) is 16.9 Å². The second-order valence-corrected chi connectivity index (χ2v) is 15.0. The topological polar surface area (TPSA) is 33.1 Å². The number of hydrogen-bond donors (Lipinski definition) is 1. The van der Waals surface area contributed by atoms with Crippen LogP contribution in [-0.2, 0) is 10.8 Å². The van der Waals surface area contributed by atoms with Gasteiger partial charge in [-0.3, -0.25) is 4.98 Å². The Hall–Kier alpha value is -5.87. The van der Waals surface area contributed by atoms with Gasteiger partial charge in [0.05, 0.1) is 28.5 Å². The first kappa shape index (κ1) is 29.1. The second kappa shape index (κ2) is 10.3. The van der Waals surface area contributed by atoms with E-state index in [0.717, 1.165) is 28.3 Å². The zero-order valence-corrected chi connectivity index (χ0v) is 28.8. The summed E-state index contributed by atoms with van der Waals surface area (Å²) in [5.74, 6) is 0. The number of dihydropyridines is 1. The Morgan fingerprint density at radius 3 is 1.92 bits per heavy atom. The molecule has 0 saturated heterocycles. The second-order valence-electron chi connectivity index (χ2n) is 15.0. The van der Waals surface area contributed by atoms with E-state index in [-0.39, 0.29) is 16.9 Å². The van der Waals surface area contributed by atoms with E-state index < -0.39 is 0 Å². The van der Waals surface area contributed by atoms with E-state index in [0.29, 0.717) is 0 Å². The minimum atomic E-state index is -0.218. The number of rotatable bonds is 5.